The molecule has 0 aliphatic carbocycles. The molecule has 2 rings (SSSR count). The molecular formula is C15H13Cl2NO. The number of carbonyl (C=O) groups is 1. The molecule has 0 bridgehead atoms. The second-order valence-corrected chi connectivity index (χ2v) is 5.28. The topological polar surface area (TPSA) is 30.0 Å². The third-order valence-corrected chi connectivity index (χ3v) is 3.72. The molecule has 1 heterocycles. The minimum atomic E-state index is -0.0540. The van der Waals surface area contributed by atoms with Crippen LogP contribution in [0.15, 0.2) is 30.5 Å². The number of Topliss-reactive ketones (excluding diaryl/α,β-unsaturated/α-hetero) is 1. The van der Waals surface area contributed by atoms with Crippen molar-refractivity contribution >= 4 is 29.0 Å². The molecule has 1 aromatic heterocycles. The van der Waals surface area contributed by atoms with E-state index in [9.17, 15) is 4.79 Å². The zero-order valence-corrected chi connectivity index (χ0v) is 12.2. The van der Waals surface area contributed by atoms with Gasteiger partial charge in [0.25, 0.3) is 0 Å². The number of carbonyl (C=O) groups excluding carboxylic acids is 1. The quantitative estimate of drug-likeness (QED) is 0.784. The highest BCUT2D eigenvalue weighted by atomic mass is 35.5. The lowest BCUT2D eigenvalue weighted by Crippen LogP contribution is -2.09. The van der Waals surface area contributed by atoms with E-state index in [0.29, 0.717) is 15.7 Å². The summed E-state index contributed by atoms with van der Waals surface area (Å²) in [6.07, 6.45) is 1.90. The Morgan fingerprint density at radius 3 is 2.68 bits per heavy atom. The van der Waals surface area contributed by atoms with Crippen molar-refractivity contribution < 1.29 is 4.79 Å². The van der Waals surface area contributed by atoms with Gasteiger partial charge in [-0.05, 0) is 36.6 Å². The van der Waals surface area contributed by atoms with Crippen LogP contribution in [0.25, 0.3) is 0 Å². The standard InChI is InChI=1S/C15H13Cl2NO/c1-9-6-10(2)15(18-8-9)13(19)7-11-4-3-5-12(16)14(11)17/h3-6,8H,7H2,1-2H3. The minimum absolute atomic E-state index is 0.0540. The summed E-state index contributed by atoms with van der Waals surface area (Å²) in [6.45, 7) is 3.83. The first-order valence-corrected chi connectivity index (χ1v) is 6.64. The Kier molecular flexibility index (Phi) is 4.23. The van der Waals surface area contributed by atoms with Crippen molar-refractivity contribution in [3.63, 3.8) is 0 Å². The monoisotopic (exact) mass is 293 g/mol. The molecule has 0 aliphatic heterocycles. The zero-order chi connectivity index (χ0) is 14.0. The van der Waals surface area contributed by atoms with Crippen molar-refractivity contribution in [1.29, 1.82) is 0 Å². The normalized spacial score (nSPS) is 10.5. The van der Waals surface area contributed by atoms with Crippen LogP contribution in [0.1, 0.15) is 27.2 Å². The molecule has 1 aromatic carbocycles. The Hall–Kier alpha value is -1.38. The van der Waals surface area contributed by atoms with Gasteiger partial charge in [0, 0.05) is 12.6 Å². The number of rotatable bonds is 3. The van der Waals surface area contributed by atoms with Crippen LogP contribution < -0.4 is 0 Å². The molecule has 0 spiro atoms. The first-order valence-electron chi connectivity index (χ1n) is 5.88. The van der Waals surface area contributed by atoms with Gasteiger partial charge in [-0.25, -0.2) is 0 Å². The Labute approximate surface area is 122 Å². The Morgan fingerprint density at radius 2 is 2.00 bits per heavy atom. The molecule has 2 nitrogen and oxygen atoms in total. The average Bonchev–Trinajstić information content (AvgIpc) is 2.34. The Morgan fingerprint density at radius 1 is 1.26 bits per heavy atom. The smallest absolute Gasteiger partial charge is 0.185 e. The molecule has 98 valence electrons. The molecule has 4 heteroatoms. The molecule has 0 N–H and O–H groups in total. The molecule has 0 amide bonds. The summed E-state index contributed by atoms with van der Waals surface area (Å²) in [5.41, 5.74) is 3.13. The number of hydrogen-bond acceptors (Lipinski definition) is 2. The van der Waals surface area contributed by atoms with Crippen molar-refractivity contribution in [1.82, 2.24) is 4.98 Å². The average molecular weight is 294 g/mol. The van der Waals surface area contributed by atoms with Gasteiger partial charge >= 0.3 is 0 Å². The second kappa shape index (κ2) is 5.72. The molecule has 0 radical (unpaired) electrons. The number of benzene rings is 1. The molecular weight excluding hydrogens is 281 g/mol. The van der Waals surface area contributed by atoms with E-state index in [0.717, 1.165) is 16.7 Å². The number of aryl methyl sites for hydroxylation is 2. The number of halogens is 2. The number of nitrogens with zero attached hydrogens (tertiary/aromatic N) is 1. The van der Waals surface area contributed by atoms with Gasteiger partial charge in [-0.1, -0.05) is 41.4 Å². The SMILES string of the molecule is Cc1cnc(C(=O)Cc2cccc(Cl)c2Cl)c(C)c1. The van der Waals surface area contributed by atoms with Crippen molar-refractivity contribution in [3.8, 4) is 0 Å². The maximum Gasteiger partial charge on any atom is 0.185 e. The Bertz CT molecular complexity index is 638. The zero-order valence-electron chi connectivity index (χ0n) is 10.7. The van der Waals surface area contributed by atoms with Crippen molar-refractivity contribution in [2.45, 2.75) is 20.3 Å². The van der Waals surface area contributed by atoms with Gasteiger partial charge in [-0.15, -0.1) is 0 Å². The van der Waals surface area contributed by atoms with E-state index in [4.69, 9.17) is 23.2 Å². The van der Waals surface area contributed by atoms with Crippen LogP contribution in [0.3, 0.4) is 0 Å². The van der Waals surface area contributed by atoms with Gasteiger partial charge in [-0.3, -0.25) is 9.78 Å². The number of aromatic nitrogens is 1. The van der Waals surface area contributed by atoms with E-state index in [2.05, 4.69) is 4.98 Å². The summed E-state index contributed by atoms with van der Waals surface area (Å²) in [5, 5.41) is 0.892. The third-order valence-electron chi connectivity index (χ3n) is 2.86. The molecule has 2 aromatic rings. The predicted molar refractivity (Wildman–Crippen MR) is 78.2 cm³/mol. The van der Waals surface area contributed by atoms with Crippen molar-refractivity contribution in [3.05, 3.63) is 62.9 Å². The van der Waals surface area contributed by atoms with Gasteiger partial charge < -0.3 is 0 Å². The number of hydrogen-bond donors (Lipinski definition) is 0. The van der Waals surface area contributed by atoms with Crippen LogP contribution in [0.4, 0.5) is 0 Å². The van der Waals surface area contributed by atoms with Crippen LogP contribution >= 0.6 is 23.2 Å². The molecule has 0 atom stereocenters. The molecule has 0 fully saturated rings. The Balaban J connectivity index is 2.28. The largest absolute Gasteiger partial charge is 0.292 e. The van der Waals surface area contributed by atoms with E-state index in [1.54, 1.807) is 24.4 Å². The predicted octanol–water partition coefficient (Wildman–Crippen LogP) is 4.43. The lowest BCUT2D eigenvalue weighted by molar-refractivity contribution is 0.0987. The van der Waals surface area contributed by atoms with Crippen LogP contribution in [0.5, 0.6) is 0 Å². The highest BCUT2D eigenvalue weighted by molar-refractivity contribution is 6.42. The van der Waals surface area contributed by atoms with E-state index in [1.807, 2.05) is 19.9 Å². The summed E-state index contributed by atoms with van der Waals surface area (Å²) < 4.78 is 0. The number of ketones is 1. The summed E-state index contributed by atoms with van der Waals surface area (Å²) in [5.74, 6) is -0.0540. The molecule has 0 saturated carbocycles. The van der Waals surface area contributed by atoms with Crippen LogP contribution in [0.2, 0.25) is 10.0 Å². The summed E-state index contributed by atoms with van der Waals surface area (Å²) >= 11 is 12.0. The lowest BCUT2D eigenvalue weighted by atomic mass is 10.0. The van der Waals surface area contributed by atoms with Gasteiger partial charge in [0.15, 0.2) is 5.78 Å². The van der Waals surface area contributed by atoms with E-state index >= 15 is 0 Å². The summed E-state index contributed by atoms with van der Waals surface area (Å²) in [7, 11) is 0. The first kappa shape index (κ1) is 14.0. The minimum Gasteiger partial charge on any atom is -0.292 e. The van der Waals surface area contributed by atoms with Crippen molar-refractivity contribution in [2.24, 2.45) is 0 Å². The number of pyridine rings is 1. The van der Waals surface area contributed by atoms with E-state index < -0.39 is 0 Å². The van der Waals surface area contributed by atoms with Crippen molar-refractivity contribution in [2.75, 3.05) is 0 Å². The fourth-order valence-corrected chi connectivity index (χ4v) is 2.34. The van der Waals surface area contributed by atoms with E-state index in [1.165, 1.54) is 0 Å². The van der Waals surface area contributed by atoms with Gasteiger partial charge in [0.2, 0.25) is 0 Å². The van der Waals surface area contributed by atoms with Gasteiger partial charge in [0.05, 0.1) is 10.0 Å². The molecule has 19 heavy (non-hydrogen) atoms. The fraction of sp³-hybridized carbons (Fsp3) is 0.200. The molecule has 0 saturated heterocycles. The van der Waals surface area contributed by atoms with Crippen LogP contribution in [-0.4, -0.2) is 10.8 Å². The lowest BCUT2D eigenvalue weighted by Gasteiger charge is -2.07. The van der Waals surface area contributed by atoms with Crippen LogP contribution in [-0.2, 0) is 6.42 Å². The maximum atomic E-state index is 12.2. The van der Waals surface area contributed by atoms with Gasteiger partial charge in [0.1, 0.15) is 5.69 Å². The van der Waals surface area contributed by atoms with E-state index in [-0.39, 0.29) is 12.2 Å². The first-order chi connectivity index (χ1) is 8.99. The fourth-order valence-electron chi connectivity index (χ4n) is 1.95. The summed E-state index contributed by atoms with van der Waals surface area (Å²) in [6, 6.07) is 7.23. The maximum absolute atomic E-state index is 12.2. The highest BCUT2D eigenvalue weighted by Gasteiger charge is 2.14. The second-order valence-electron chi connectivity index (χ2n) is 4.49. The molecule has 0 unspecified atom stereocenters. The third kappa shape index (κ3) is 3.14. The van der Waals surface area contributed by atoms with Crippen LogP contribution in [0, 0.1) is 13.8 Å². The summed E-state index contributed by atoms with van der Waals surface area (Å²) in [4.78, 5) is 16.4. The highest BCUT2D eigenvalue weighted by Crippen LogP contribution is 2.26. The van der Waals surface area contributed by atoms with Gasteiger partial charge in [-0.2, -0.15) is 0 Å². The molecule has 0 aliphatic rings.